The molecule has 72 valence electrons. The van der Waals surface area contributed by atoms with Crippen LogP contribution in [-0.4, -0.2) is 17.3 Å². The Kier molecular flexibility index (Phi) is 2.60. The topological polar surface area (TPSA) is 37.9 Å². The van der Waals surface area contributed by atoms with Crippen LogP contribution in [-0.2, 0) is 11.3 Å². The summed E-state index contributed by atoms with van der Waals surface area (Å²) in [6, 6.07) is 8.26. The van der Waals surface area contributed by atoms with Gasteiger partial charge in [0.1, 0.15) is 0 Å². The molecule has 1 aromatic heterocycles. The zero-order chi connectivity index (χ0) is 9.80. The molecule has 0 saturated carbocycles. The van der Waals surface area contributed by atoms with Gasteiger partial charge in [-0.3, -0.25) is 5.10 Å². The summed E-state index contributed by atoms with van der Waals surface area (Å²) in [5, 5.41) is 6.70. The van der Waals surface area contributed by atoms with E-state index in [0.29, 0.717) is 6.61 Å². The van der Waals surface area contributed by atoms with Gasteiger partial charge in [0.05, 0.1) is 12.8 Å². The van der Waals surface area contributed by atoms with Crippen molar-refractivity contribution < 1.29 is 4.74 Å². The Morgan fingerprint density at radius 3 is 2.57 bits per heavy atom. The number of hydrogen-bond acceptors (Lipinski definition) is 2. The van der Waals surface area contributed by atoms with E-state index < -0.39 is 0 Å². The molecule has 0 fully saturated rings. The minimum absolute atomic E-state index is 0.658. The van der Waals surface area contributed by atoms with Crippen molar-refractivity contribution in [2.24, 2.45) is 0 Å². The summed E-state index contributed by atoms with van der Waals surface area (Å²) < 4.78 is 5.04. The summed E-state index contributed by atoms with van der Waals surface area (Å²) in [6.07, 6.45) is 3.69. The molecule has 1 heterocycles. The van der Waals surface area contributed by atoms with Crippen LogP contribution in [0.25, 0.3) is 11.1 Å². The van der Waals surface area contributed by atoms with Crippen molar-refractivity contribution in [3.63, 3.8) is 0 Å². The van der Waals surface area contributed by atoms with E-state index in [-0.39, 0.29) is 0 Å². The highest BCUT2D eigenvalue weighted by atomic mass is 16.5. The van der Waals surface area contributed by atoms with E-state index in [1.807, 2.05) is 12.4 Å². The van der Waals surface area contributed by atoms with Gasteiger partial charge in [0.25, 0.3) is 0 Å². The second kappa shape index (κ2) is 4.07. The molecule has 0 radical (unpaired) electrons. The lowest BCUT2D eigenvalue weighted by atomic mass is 10.1. The molecule has 1 aromatic carbocycles. The molecule has 0 aliphatic rings. The van der Waals surface area contributed by atoms with Crippen molar-refractivity contribution in [3.8, 4) is 11.1 Å². The Bertz CT molecular complexity index is 378. The maximum atomic E-state index is 5.04. The monoisotopic (exact) mass is 188 g/mol. The number of aromatic nitrogens is 2. The molecule has 0 atom stereocenters. The Morgan fingerprint density at radius 1 is 1.21 bits per heavy atom. The van der Waals surface area contributed by atoms with Gasteiger partial charge in [0.15, 0.2) is 0 Å². The van der Waals surface area contributed by atoms with E-state index in [1.54, 1.807) is 7.11 Å². The average Bonchev–Trinajstić information content (AvgIpc) is 2.72. The molecule has 0 aliphatic carbocycles. The number of benzene rings is 1. The van der Waals surface area contributed by atoms with Crippen molar-refractivity contribution in [2.45, 2.75) is 6.61 Å². The number of nitrogens with one attached hydrogen (secondary N) is 1. The first kappa shape index (κ1) is 8.97. The van der Waals surface area contributed by atoms with Crippen LogP contribution in [0.2, 0.25) is 0 Å². The Labute approximate surface area is 82.7 Å². The fourth-order valence-electron chi connectivity index (χ4n) is 1.37. The van der Waals surface area contributed by atoms with Crippen LogP contribution in [0.1, 0.15) is 5.56 Å². The lowest BCUT2D eigenvalue weighted by molar-refractivity contribution is 0.185. The van der Waals surface area contributed by atoms with Gasteiger partial charge in [-0.1, -0.05) is 24.3 Å². The fraction of sp³-hybridized carbons (Fsp3) is 0.182. The molecule has 0 amide bonds. The van der Waals surface area contributed by atoms with Crippen LogP contribution in [0.15, 0.2) is 36.7 Å². The Hall–Kier alpha value is -1.61. The Balaban J connectivity index is 2.22. The molecule has 0 bridgehead atoms. The minimum atomic E-state index is 0.658. The molecule has 0 aliphatic heterocycles. The lowest BCUT2D eigenvalue weighted by Gasteiger charge is -2.00. The summed E-state index contributed by atoms with van der Waals surface area (Å²) in [6.45, 7) is 0.658. The largest absolute Gasteiger partial charge is 0.380 e. The number of rotatable bonds is 3. The molecule has 14 heavy (non-hydrogen) atoms. The van der Waals surface area contributed by atoms with Gasteiger partial charge in [-0.05, 0) is 11.1 Å². The molecule has 0 spiro atoms. The highest BCUT2D eigenvalue weighted by molar-refractivity contribution is 5.61. The fourth-order valence-corrected chi connectivity index (χ4v) is 1.37. The number of H-pyrrole nitrogens is 1. The molecular weight excluding hydrogens is 176 g/mol. The highest BCUT2D eigenvalue weighted by Crippen LogP contribution is 2.17. The molecule has 2 rings (SSSR count). The van der Waals surface area contributed by atoms with Crippen LogP contribution < -0.4 is 0 Å². The Morgan fingerprint density at radius 2 is 2.00 bits per heavy atom. The molecule has 3 nitrogen and oxygen atoms in total. The maximum Gasteiger partial charge on any atom is 0.0713 e. The smallest absolute Gasteiger partial charge is 0.0713 e. The van der Waals surface area contributed by atoms with Gasteiger partial charge in [-0.2, -0.15) is 5.10 Å². The molecule has 3 heteroatoms. The zero-order valence-corrected chi connectivity index (χ0v) is 8.03. The second-order valence-corrected chi connectivity index (χ2v) is 3.12. The second-order valence-electron chi connectivity index (χ2n) is 3.12. The summed E-state index contributed by atoms with van der Waals surface area (Å²) >= 11 is 0. The molecular formula is C11H12N2O. The van der Waals surface area contributed by atoms with Crippen LogP contribution >= 0.6 is 0 Å². The van der Waals surface area contributed by atoms with E-state index in [2.05, 4.69) is 34.5 Å². The predicted molar refractivity (Wildman–Crippen MR) is 54.7 cm³/mol. The molecule has 1 N–H and O–H groups in total. The highest BCUT2D eigenvalue weighted by Gasteiger charge is 1.98. The first-order valence-electron chi connectivity index (χ1n) is 4.47. The summed E-state index contributed by atoms with van der Waals surface area (Å²) in [4.78, 5) is 0. The number of nitrogens with zero attached hydrogens (tertiary/aromatic N) is 1. The van der Waals surface area contributed by atoms with Gasteiger partial charge >= 0.3 is 0 Å². The molecule has 2 aromatic rings. The average molecular weight is 188 g/mol. The summed E-state index contributed by atoms with van der Waals surface area (Å²) in [7, 11) is 1.70. The van der Waals surface area contributed by atoms with E-state index in [9.17, 15) is 0 Å². The van der Waals surface area contributed by atoms with Gasteiger partial charge in [-0.15, -0.1) is 0 Å². The van der Waals surface area contributed by atoms with E-state index in [0.717, 1.165) is 5.56 Å². The normalized spacial score (nSPS) is 10.4. The number of methoxy groups -OCH3 is 1. The third-order valence-electron chi connectivity index (χ3n) is 2.10. The molecule has 0 unspecified atom stereocenters. The zero-order valence-electron chi connectivity index (χ0n) is 8.03. The van der Waals surface area contributed by atoms with Crippen LogP contribution in [0.5, 0.6) is 0 Å². The minimum Gasteiger partial charge on any atom is -0.380 e. The summed E-state index contributed by atoms with van der Waals surface area (Å²) in [5.41, 5.74) is 3.45. The van der Waals surface area contributed by atoms with Crippen LogP contribution in [0.4, 0.5) is 0 Å². The van der Waals surface area contributed by atoms with Gasteiger partial charge < -0.3 is 4.74 Å². The number of aromatic amines is 1. The van der Waals surface area contributed by atoms with E-state index >= 15 is 0 Å². The van der Waals surface area contributed by atoms with Crippen molar-refractivity contribution >= 4 is 0 Å². The van der Waals surface area contributed by atoms with Crippen molar-refractivity contribution in [1.29, 1.82) is 0 Å². The van der Waals surface area contributed by atoms with Crippen molar-refractivity contribution in [1.82, 2.24) is 10.2 Å². The number of ether oxygens (including phenoxy) is 1. The van der Waals surface area contributed by atoms with Crippen molar-refractivity contribution in [2.75, 3.05) is 7.11 Å². The van der Waals surface area contributed by atoms with Crippen LogP contribution in [0.3, 0.4) is 0 Å². The standard InChI is InChI=1S/C11H12N2O/c1-14-8-9-2-4-10(5-3-9)11-6-12-13-7-11/h2-7H,8H2,1H3,(H,12,13). The van der Waals surface area contributed by atoms with Gasteiger partial charge in [-0.25, -0.2) is 0 Å². The van der Waals surface area contributed by atoms with Crippen molar-refractivity contribution in [3.05, 3.63) is 42.2 Å². The first-order valence-corrected chi connectivity index (χ1v) is 4.47. The van der Waals surface area contributed by atoms with E-state index in [1.165, 1.54) is 11.1 Å². The molecule has 0 saturated heterocycles. The predicted octanol–water partition coefficient (Wildman–Crippen LogP) is 2.22. The third kappa shape index (κ3) is 1.83. The number of hydrogen-bond donors (Lipinski definition) is 1. The maximum absolute atomic E-state index is 5.04. The first-order chi connectivity index (χ1) is 6.90. The van der Waals surface area contributed by atoms with Gasteiger partial charge in [0.2, 0.25) is 0 Å². The summed E-state index contributed by atoms with van der Waals surface area (Å²) in [5.74, 6) is 0. The van der Waals surface area contributed by atoms with Gasteiger partial charge in [0, 0.05) is 18.9 Å². The van der Waals surface area contributed by atoms with E-state index in [4.69, 9.17) is 4.74 Å². The van der Waals surface area contributed by atoms with Crippen LogP contribution in [0, 0.1) is 0 Å². The third-order valence-corrected chi connectivity index (χ3v) is 2.10. The quantitative estimate of drug-likeness (QED) is 0.802. The lowest BCUT2D eigenvalue weighted by Crippen LogP contribution is -1.86. The SMILES string of the molecule is COCc1ccc(-c2cn[nH]c2)cc1.